The number of ether oxygens (including phenoxy) is 1. The molecule has 0 saturated heterocycles. The highest BCUT2D eigenvalue weighted by molar-refractivity contribution is 5.61. The summed E-state index contributed by atoms with van der Waals surface area (Å²) >= 11 is 0. The number of nitrogens with one attached hydrogen (secondary N) is 1. The van der Waals surface area contributed by atoms with E-state index in [1.54, 1.807) is 7.11 Å². The number of benzene rings is 1. The third-order valence-corrected chi connectivity index (χ3v) is 3.76. The monoisotopic (exact) mass is 234 g/mol. The van der Waals surface area contributed by atoms with Crippen molar-refractivity contribution in [1.29, 1.82) is 0 Å². The fourth-order valence-corrected chi connectivity index (χ4v) is 2.54. The first-order chi connectivity index (χ1) is 8.13. The van der Waals surface area contributed by atoms with Crippen molar-refractivity contribution < 1.29 is 4.74 Å². The lowest BCUT2D eigenvalue weighted by Crippen LogP contribution is -2.22. The third kappa shape index (κ3) is 2.84. The smallest absolute Gasteiger partial charge is 0.143 e. The molecule has 3 heteroatoms. The molecule has 17 heavy (non-hydrogen) atoms. The fraction of sp³-hybridized carbons (Fsp3) is 0.571. The van der Waals surface area contributed by atoms with Gasteiger partial charge in [-0.25, -0.2) is 0 Å². The molecule has 1 aromatic rings. The average molecular weight is 234 g/mol. The van der Waals surface area contributed by atoms with E-state index in [4.69, 9.17) is 10.5 Å². The number of nitrogen functional groups attached to an aromatic ring is 1. The van der Waals surface area contributed by atoms with Crippen LogP contribution in [0.3, 0.4) is 0 Å². The van der Waals surface area contributed by atoms with Gasteiger partial charge in [-0.15, -0.1) is 0 Å². The molecule has 0 spiro atoms. The number of rotatable bonds is 4. The standard InChI is InChI=1S/C14H22N2O/c1-14(7-3-4-8-14)10-16-11-5-6-12(15)13(9-11)17-2/h5-6,9,16H,3-4,7-8,10,15H2,1-2H3. The Balaban J connectivity index is 1.99. The molecule has 3 N–H and O–H groups in total. The summed E-state index contributed by atoms with van der Waals surface area (Å²) in [6.45, 7) is 3.39. The summed E-state index contributed by atoms with van der Waals surface area (Å²) in [5, 5.41) is 3.49. The maximum Gasteiger partial charge on any atom is 0.143 e. The van der Waals surface area contributed by atoms with Crippen LogP contribution in [0.4, 0.5) is 11.4 Å². The molecular weight excluding hydrogens is 212 g/mol. The number of anilines is 2. The van der Waals surface area contributed by atoms with E-state index >= 15 is 0 Å². The molecule has 0 atom stereocenters. The fourth-order valence-electron chi connectivity index (χ4n) is 2.54. The van der Waals surface area contributed by atoms with Gasteiger partial charge in [0.05, 0.1) is 12.8 Å². The van der Waals surface area contributed by atoms with Crippen LogP contribution in [0.25, 0.3) is 0 Å². The Hall–Kier alpha value is -1.38. The van der Waals surface area contributed by atoms with E-state index in [2.05, 4.69) is 12.2 Å². The number of hydrogen-bond acceptors (Lipinski definition) is 3. The predicted molar refractivity (Wildman–Crippen MR) is 72.5 cm³/mol. The van der Waals surface area contributed by atoms with Crippen molar-refractivity contribution in [3.05, 3.63) is 18.2 Å². The van der Waals surface area contributed by atoms with Gasteiger partial charge in [0, 0.05) is 18.3 Å². The van der Waals surface area contributed by atoms with Gasteiger partial charge in [0.1, 0.15) is 5.75 Å². The zero-order valence-corrected chi connectivity index (χ0v) is 10.8. The van der Waals surface area contributed by atoms with E-state index in [-0.39, 0.29) is 0 Å². The maximum absolute atomic E-state index is 5.79. The SMILES string of the molecule is COc1cc(NCC2(C)CCCC2)ccc1N. The van der Waals surface area contributed by atoms with Crippen molar-refractivity contribution in [2.24, 2.45) is 5.41 Å². The minimum atomic E-state index is 0.453. The first kappa shape index (κ1) is 12.1. The van der Waals surface area contributed by atoms with Gasteiger partial charge in [-0.3, -0.25) is 0 Å². The van der Waals surface area contributed by atoms with Crippen molar-refractivity contribution >= 4 is 11.4 Å². The molecule has 1 aliphatic carbocycles. The highest BCUT2D eigenvalue weighted by atomic mass is 16.5. The molecule has 0 unspecified atom stereocenters. The highest BCUT2D eigenvalue weighted by Crippen LogP contribution is 2.37. The lowest BCUT2D eigenvalue weighted by Gasteiger charge is -2.24. The van der Waals surface area contributed by atoms with Gasteiger partial charge in [0.25, 0.3) is 0 Å². The molecule has 2 rings (SSSR count). The van der Waals surface area contributed by atoms with E-state index < -0.39 is 0 Å². The maximum atomic E-state index is 5.79. The molecule has 0 heterocycles. The van der Waals surface area contributed by atoms with Crippen LogP contribution in [0.1, 0.15) is 32.6 Å². The quantitative estimate of drug-likeness (QED) is 0.786. The summed E-state index contributed by atoms with van der Waals surface area (Å²) in [4.78, 5) is 0. The van der Waals surface area contributed by atoms with Crippen molar-refractivity contribution in [2.75, 3.05) is 24.7 Å². The molecule has 1 saturated carbocycles. The van der Waals surface area contributed by atoms with Crippen LogP contribution in [-0.2, 0) is 0 Å². The summed E-state index contributed by atoms with van der Waals surface area (Å²) < 4.78 is 5.22. The lowest BCUT2D eigenvalue weighted by atomic mass is 9.89. The molecule has 0 aliphatic heterocycles. The first-order valence-electron chi connectivity index (χ1n) is 6.30. The normalized spacial score (nSPS) is 18.0. The van der Waals surface area contributed by atoms with E-state index in [0.29, 0.717) is 11.1 Å². The van der Waals surface area contributed by atoms with Gasteiger partial charge in [-0.05, 0) is 30.4 Å². The first-order valence-corrected chi connectivity index (χ1v) is 6.30. The average Bonchev–Trinajstić information content (AvgIpc) is 2.76. The topological polar surface area (TPSA) is 47.3 Å². The minimum Gasteiger partial charge on any atom is -0.495 e. The summed E-state index contributed by atoms with van der Waals surface area (Å²) in [5.41, 5.74) is 8.02. The molecule has 0 amide bonds. The van der Waals surface area contributed by atoms with Gasteiger partial charge in [0.15, 0.2) is 0 Å². The van der Waals surface area contributed by atoms with Crippen LogP contribution in [0.5, 0.6) is 5.75 Å². The number of hydrogen-bond donors (Lipinski definition) is 2. The van der Waals surface area contributed by atoms with Gasteiger partial charge in [-0.2, -0.15) is 0 Å². The summed E-state index contributed by atoms with van der Waals surface area (Å²) in [7, 11) is 1.65. The van der Waals surface area contributed by atoms with E-state index in [9.17, 15) is 0 Å². The lowest BCUT2D eigenvalue weighted by molar-refractivity contribution is 0.362. The van der Waals surface area contributed by atoms with Crippen LogP contribution < -0.4 is 15.8 Å². The van der Waals surface area contributed by atoms with Crippen molar-refractivity contribution in [1.82, 2.24) is 0 Å². The van der Waals surface area contributed by atoms with Crippen LogP contribution >= 0.6 is 0 Å². The Morgan fingerprint density at radius 3 is 2.71 bits per heavy atom. The molecule has 0 radical (unpaired) electrons. The highest BCUT2D eigenvalue weighted by Gasteiger charge is 2.28. The van der Waals surface area contributed by atoms with Gasteiger partial charge >= 0.3 is 0 Å². The van der Waals surface area contributed by atoms with Crippen molar-refractivity contribution in [2.45, 2.75) is 32.6 Å². The van der Waals surface area contributed by atoms with Crippen LogP contribution in [0.2, 0.25) is 0 Å². The van der Waals surface area contributed by atoms with Crippen molar-refractivity contribution in [3.63, 3.8) is 0 Å². The van der Waals surface area contributed by atoms with Crippen LogP contribution in [0, 0.1) is 5.41 Å². The second-order valence-electron chi connectivity index (χ2n) is 5.33. The second kappa shape index (κ2) is 4.86. The zero-order chi connectivity index (χ0) is 12.3. The summed E-state index contributed by atoms with van der Waals surface area (Å²) in [5.74, 6) is 0.742. The minimum absolute atomic E-state index is 0.453. The molecule has 0 bridgehead atoms. The molecule has 1 aromatic carbocycles. The Kier molecular flexibility index (Phi) is 3.46. The molecule has 3 nitrogen and oxygen atoms in total. The molecule has 1 fully saturated rings. The molecule has 94 valence electrons. The Morgan fingerprint density at radius 2 is 2.06 bits per heavy atom. The second-order valence-corrected chi connectivity index (χ2v) is 5.33. The molecule has 0 aromatic heterocycles. The predicted octanol–water partition coefficient (Wildman–Crippen LogP) is 3.27. The van der Waals surface area contributed by atoms with Crippen LogP contribution in [0.15, 0.2) is 18.2 Å². The zero-order valence-electron chi connectivity index (χ0n) is 10.8. The van der Waals surface area contributed by atoms with Gasteiger partial charge in [-0.1, -0.05) is 19.8 Å². The summed E-state index contributed by atoms with van der Waals surface area (Å²) in [6, 6.07) is 5.86. The van der Waals surface area contributed by atoms with Gasteiger partial charge in [0.2, 0.25) is 0 Å². The number of methoxy groups -OCH3 is 1. The Morgan fingerprint density at radius 1 is 1.35 bits per heavy atom. The number of nitrogens with two attached hydrogens (primary N) is 1. The van der Waals surface area contributed by atoms with Crippen molar-refractivity contribution in [3.8, 4) is 5.75 Å². The van der Waals surface area contributed by atoms with Crippen LogP contribution in [-0.4, -0.2) is 13.7 Å². The molecular formula is C14H22N2O. The molecule has 1 aliphatic rings. The largest absolute Gasteiger partial charge is 0.495 e. The van der Waals surface area contributed by atoms with E-state index in [0.717, 1.165) is 18.0 Å². The van der Waals surface area contributed by atoms with E-state index in [1.165, 1.54) is 25.7 Å². The van der Waals surface area contributed by atoms with E-state index in [1.807, 2.05) is 18.2 Å². The Bertz CT molecular complexity index is 384. The summed E-state index contributed by atoms with van der Waals surface area (Å²) in [6.07, 6.45) is 5.38. The van der Waals surface area contributed by atoms with Gasteiger partial charge < -0.3 is 15.8 Å². The third-order valence-electron chi connectivity index (χ3n) is 3.76. The Labute approximate surface area is 103 Å².